The summed E-state index contributed by atoms with van der Waals surface area (Å²) >= 11 is 0. The molecular weight excluding hydrogens is 500 g/mol. The molecule has 0 bridgehead atoms. The van der Waals surface area contributed by atoms with Gasteiger partial charge in [0.1, 0.15) is 0 Å². The van der Waals surface area contributed by atoms with Gasteiger partial charge in [0.2, 0.25) is 0 Å². The summed E-state index contributed by atoms with van der Waals surface area (Å²) in [6.07, 6.45) is 25.4. The van der Waals surface area contributed by atoms with E-state index in [1.54, 1.807) is 6.92 Å². The van der Waals surface area contributed by atoms with E-state index in [0.717, 1.165) is 29.6 Å². The fourth-order valence-corrected chi connectivity index (χ4v) is 5.11. The number of Topliss-reactive ketones (excluding diaryl/α,β-unsaturated/α-hetero) is 1. The maximum Gasteiger partial charge on any atom is 0.307 e. The molecule has 0 aliphatic heterocycles. The quantitative estimate of drug-likeness (QED) is 0.181. The second kappa shape index (κ2) is 16.8. The number of hydrogen-bond acceptors (Lipinski definition) is 5. The van der Waals surface area contributed by atoms with Crippen LogP contribution in [-0.4, -0.2) is 30.4 Å². The van der Waals surface area contributed by atoms with E-state index < -0.39 is 12.1 Å². The summed E-state index contributed by atoms with van der Waals surface area (Å²) in [6, 6.07) is 0. The van der Waals surface area contributed by atoms with Gasteiger partial charge in [-0.25, -0.2) is 0 Å². The Balaban J connectivity index is 1.92. The van der Waals surface area contributed by atoms with Crippen LogP contribution in [0.2, 0.25) is 0 Å². The van der Waals surface area contributed by atoms with Crippen LogP contribution in [0.3, 0.4) is 0 Å². The summed E-state index contributed by atoms with van der Waals surface area (Å²) in [5, 5.41) is 0. The van der Waals surface area contributed by atoms with Gasteiger partial charge in [0, 0.05) is 6.42 Å². The predicted molar refractivity (Wildman–Crippen MR) is 163 cm³/mol. The zero-order valence-corrected chi connectivity index (χ0v) is 25.3. The van der Waals surface area contributed by atoms with E-state index in [1.165, 1.54) is 19.3 Å². The molecule has 2 aliphatic carbocycles. The molecule has 0 spiro atoms. The highest BCUT2D eigenvalue weighted by Crippen LogP contribution is 2.41. The van der Waals surface area contributed by atoms with Gasteiger partial charge in [0.15, 0.2) is 11.9 Å². The van der Waals surface area contributed by atoms with Crippen molar-refractivity contribution in [2.75, 3.05) is 6.61 Å². The molecule has 2 rings (SSSR count). The van der Waals surface area contributed by atoms with Gasteiger partial charge < -0.3 is 9.47 Å². The third kappa shape index (κ3) is 11.5. The van der Waals surface area contributed by atoms with Crippen LogP contribution in [0.15, 0.2) is 83.1 Å². The molecule has 0 aromatic carbocycles. The zero-order chi connectivity index (χ0) is 29.5. The largest absolute Gasteiger partial charge is 0.465 e. The fraction of sp³-hybridized carbons (Fsp3) is 0.514. The third-order valence-corrected chi connectivity index (χ3v) is 7.51. The molecule has 0 saturated heterocycles. The van der Waals surface area contributed by atoms with E-state index in [-0.39, 0.29) is 30.0 Å². The first-order valence-corrected chi connectivity index (χ1v) is 14.6. The van der Waals surface area contributed by atoms with Crippen LogP contribution in [0.25, 0.3) is 0 Å². The fourth-order valence-electron chi connectivity index (χ4n) is 5.11. The first kappa shape index (κ1) is 33.0. The number of esters is 2. The van der Waals surface area contributed by atoms with Gasteiger partial charge in [0.25, 0.3) is 0 Å². The maximum atomic E-state index is 13.1. The van der Waals surface area contributed by atoms with Crippen LogP contribution in [0.4, 0.5) is 0 Å². The van der Waals surface area contributed by atoms with Gasteiger partial charge >= 0.3 is 11.9 Å². The summed E-state index contributed by atoms with van der Waals surface area (Å²) < 4.78 is 10.9. The average Bonchev–Trinajstić information content (AvgIpc) is 2.92. The number of carbonyl (C=O) groups excluding carboxylic acids is 3. The Bertz CT molecular complexity index is 1100. The van der Waals surface area contributed by atoms with Crippen molar-refractivity contribution in [1.29, 1.82) is 0 Å². The van der Waals surface area contributed by atoms with Crippen LogP contribution in [0.1, 0.15) is 92.9 Å². The topological polar surface area (TPSA) is 69.7 Å². The molecule has 5 heteroatoms. The van der Waals surface area contributed by atoms with E-state index in [4.69, 9.17) is 9.47 Å². The van der Waals surface area contributed by atoms with Crippen molar-refractivity contribution in [2.24, 2.45) is 11.3 Å². The van der Waals surface area contributed by atoms with Crippen LogP contribution < -0.4 is 0 Å². The highest BCUT2D eigenvalue weighted by molar-refractivity contribution is 6.01. The van der Waals surface area contributed by atoms with Gasteiger partial charge in [-0.15, -0.1) is 0 Å². The second-order valence-electron chi connectivity index (χ2n) is 11.6. The molecule has 5 nitrogen and oxygen atoms in total. The zero-order valence-electron chi connectivity index (χ0n) is 25.3. The third-order valence-electron chi connectivity index (χ3n) is 7.51. The number of hydrogen-bond donors (Lipinski definition) is 0. The molecule has 1 fully saturated rings. The minimum atomic E-state index is -0.839. The van der Waals surface area contributed by atoms with Gasteiger partial charge in [-0.2, -0.15) is 0 Å². The minimum Gasteiger partial charge on any atom is -0.465 e. The molecule has 1 atom stereocenters. The summed E-state index contributed by atoms with van der Waals surface area (Å²) in [5.74, 6) is -0.669. The van der Waals surface area contributed by atoms with Gasteiger partial charge in [0.05, 0.1) is 19.4 Å². The average molecular weight is 549 g/mol. The van der Waals surface area contributed by atoms with Crippen LogP contribution in [0.5, 0.6) is 0 Å². The van der Waals surface area contributed by atoms with Crippen molar-refractivity contribution in [2.45, 2.75) is 99.0 Å². The number of rotatable bonds is 12. The van der Waals surface area contributed by atoms with E-state index in [2.05, 4.69) is 13.8 Å². The maximum absolute atomic E-state index is 13.1. The minimum absolute atomic E-state index is 0.0268. The number of carbonyl (C=O) groups is 3. The van der Waals surface area contributed by atoms with Crippen LogP contribution >= 0.6 is 0 Å². The van der Waals surface area contributed by atoms with E-state index in [0.29, 0.717) is 24.5 Å². The lowest BCUT2D eigenvalue weighted by Crippen LogP contribution is -2.39. The lowest BCUT2D eigenvalue weighted by atomic mass is 9.71. The van der Waals surface area contributed by atoms with Crippen molar-refractivity contribution in [3.8, 4) is 0 Å². The lowest BCUT2D eigenvalue weighted by Gasteiger charge is -2.36. The van der Waals surface area contributed by atoms with Crippen molar-refractivity contribution in [3.05, 3.63) is 83.1 Å². The number of ketones is 1. The molecular formula is C35H48O5. The molecule has 0 aromatic rings. The molecule has 1 saturated carbocycles. The van der Waals surface area contributed by atoms with E-state index in [9.17, 15) is 14.4 Å². The Hall–Kier alpha value is -3.21. The van der Waals surface area contributed by atoms with Gasteiger partial charge in [-0.3, -0.25) is 14.4 Å². The molecule has 0 aromatic heterocycles. The Morgan fingerprint density at radius 1 is 0.900 bits per heavy atom. The van der Waals surface area contributed by atoms with Gasteiger partial charge in [-0.05, 0) is 63.0 Å². The molecule has 218 valence electrons. The molecule has 40 heavy (non-hydrogen) atoms. The Kier molecular flexibility index (Phi) is 13.9. The molecule has 0 amide bonds. The van der Waals surface area contributed by atoms with Gasteiger partial charge in [-0.1, -0.05) is 105 Å². The summed E-state index contributed by atoms with van der Waals surface area (Å²) in [7, 11) is 0. The van der Waals surface area contributed by atoms with E-state index in [1.807, 2.05) is 81.5 Å². The Labute approximate surface area is 241 Å². The molecule has 2 aliphatic rings. The highest BCUT2D eigenvalue weighted by Gasteiger charge is 2.39. The highest BCUT2D eigenvalue weighted by atomic mass is 16.5. The smallest absolute Gasteiger partial charge is 0.307 e. The number of allylic oxidation sites excluding steroid dienone is 13. The first-order valence-electron chi connectivity index (χ1n) is 14.6. The Morgan fingerprint density at radius 3 is 2.25 bits per heavy atom. The predicted octanol–water partition coefficient (Wildman–Crippen LogP) is 8.25. The Morgan fingerprint density at radius 2 is 1.55 bits per heavy atom. The summed E-state index contributed by atoms with van der Waals surface area (Å²) in [5.41, 5.74) is 3.39. The molecule has 0 heterocycles. The SMILES string of the molecule is C\C=C/C=C/C=C(C)/C=C/C=C(C)/C=C/C1=C(C)C(=O)C(OC(=O)CCC(=O)OCC2CCCCC2)CC1(C)C. The lowest BCUT2D eigenvalue weighted by molar-refractivity contribution is -0.158. The first-order chi connectivity index (χ1) is 19.0. The normalized spacial score (nSPS) is 21.4. The van der Waals surface area contributed by atoms with Crippen molar-refractivity contribution in [1.82, 2.24) is 0 Å². The molecule has 0 radical (unpaired) electrons. The van der Waals surface area contributed by atoms with Crippen LogP contribution in [0, 0.1) is 11.3 Å². The molecule has 0 N–H and O–H groups in total. The molecule has 1 unspecified atom stereocenters. The summed E-state index contributed by atoms with van der Waals surface area (Å²) in [6.45, 7) is 12.4. The summed E-state index contributed by atoms with van der Waals surface area (Å²) in [4.78, 5) is 37.7. The van der Waals surface area contributed by atoms with Crippen molar-refractivity contribution < 1.29 is 23.9 Å². The monoisotopic (exact) mass is 548 g/mol. The van der Waals surface area contributed by atoms with Crippen molar-refractivity contribution in [3.63, 3.8) is 0 Å². The standard InChI is InChI=1S/C35H48O5/c1-7-8-9-11-15-26(2)16-14-17-27(3)20-21-30-28(4)34(38)31(24-35(30,5)6)40-33(37)23-22-32(36)39-25-29-18-12-10-13-19-29/h7-9,11,14-17,20-21,29,31H,10,12-13,18-19,22-25H2,1-6H3/b8-7-,11-9+,16-14+,21-20+,26-15+,27-17+. The van der Waals surface area contributed by atoms with Crippen LogP contribution in [-0.2, 0) is 23.9 Å². The number of ether oxygens (including phenoxy) is 2. The second-order valence-corrected chi connectivity index (χ2v) is 11.6. The van der Waals surface area contributed by atoms with E-state index >= 15 is 0 Å². The van der Waals surface area contributed by atoms with Crippen molar-refractivity contribution >= 4 is 17.7 Å².